The largest absolute Gasteiger partial charge is 0.573 e. The van der Waals surface area contributed by atoms with Crippen LogP contribution in [0.4, 0.5) is 35.4 Å². The maximum atomic E-state index is 12.0. The number of nitrogens with one attached hydrogen (secondary N) is 2. The maximum Gasteiger partial charge on any atom is 0.573 e. The van der Waals surface area contributed by atoms with Crippen molar-refractivity contribution < 1.29 is 22.7 Å². The summed E-state index contributed by atoms with van der Waals surface area (Å²) in [4.78, 5) is 19.5. The van der Waals surface area contributed by atoms with Crippen molar-refractivity contribution in [1.29, 1.82) is 0 Å². The van der Waals surface area contributed by atoms with Gasteiger partial charge >= 0.3 is 12.4 Å². The highest BCUT2D eigenvalue weighted by molar-refractivity contribution is 5.98. The van der Waals surface area contributed by atoms with Crippen molar-refractivity contribution in [3.63, 3.8) is 0 Å². The number of ether oxygens (including phenoxy) is 1. The van der Waals surface area contributed by atoms with E-state index in [2.05, 4.69) is 25.3 Å². The van der Waals surface area contributed by atoms with Crippen molar-refractivity contribution in [3.8, 4) is 5.75 Å². The molecule has 2 amide bonds. The molecule has 0 saturated heterocycles. The second-order valence-electron chi connectivity index (χ2n) is 4.41. The second-order valence-corrected chi connectivity index (χ2v) is 4.41. The minimum Gasteiger partial charge on any atom is -0.406 e. The van der Waals surface area contributed by atoms with Gasteiger partial charge in [0.15, 0.2) is 0 Å². The molecule has 0 bridgehead atoms. The fraction of sp³-hybridized carbons (Fsp3) is 0.154. The molecule has 23 heavy (non-hydrogen) atoms. The monoisotopic (exact) mass is 327 g/mol. The summed E-state index contributed by atoms with van der Waals surface area (Å²) < 4.78 is 39.8. The van der Waals surface area contributed by atoms with E-state index in [4.69, 9.17) is 5.73 Å². The Labute approximate surface area is 128 Å². The number of nitrogens with zero attached hydrogens (tertiary/aromatic N) is 2. The van der Waals surface area contributed by atoms with Gasteiger partial charge < -0.3 is 15.8 Å². The predicted molar refractivity (Wildman–Crippen MR) is 76.9 cm³/mol. The Kier molecular flexibility index (Phi) is 4.53. The number of amides is 2. The first-order chi connectivity index (χ1) is 10.7. The van der Waals surface area contributed by atoms with E-state index < -0.39 is 18.1 Å². The third-order valence-corrected chi connectivity index (χ3v) is 2.45. The van der Waals surface area contributed by atoms with Crippen LogP contribution in [0.2, 0.25) is 0 Å². The van der Waals surface area contributed by atoms with Gasteiger partial charge in [-0.1, -0.05) is 0 Å². The van der Waals surface area contributed by atoms with Gasteiger partial charge in [-0.25, -0.2) is 9.78 Å². The fourth-order valence-electron chi connectivity index (χ4n) is 1.65. The van der Waals surface area contributed by atoms with Crippen LogP contribution in [-0.4, -0.2) is 22.4 Å². The summed E-state index contributed by atoms with van der Waals surface area (Å²) in [6.07, 6.45) is -4.77. The van der Waals surface area contributed by atoms with E-state index in [1.54, 1.807) is 6.92 Å². The second kappa shape index (κ2) is 6.38. The van der Waals surface area contributed by atoms with Crippen LogP contribution >= 0.6 is 0 Å². The third-order valence-electron chi connectivity index (χ3n) is 2.45. The van der Waals surface area contributed by atoms with Crippen molar-refractivity contribution in [2.75, 3.05) is 16.4 Å². The smallest absolute Gasteiger partial charge is 0.406 e. The standard InChI is InChI=1S/C13H12F3N5O2/c1-7-6-10(17)20-11(18-7)21-12(22)19-8-2-4-9(5-3-8)23-13(14,15)16/h2-6H,1H3,(H4,17,18,19,20,21,22). The summed E-state index contributed by atoms with van der Waals surface area (Å²) >= 11 is 0. The first-order valence-electron chi connectivity index (χ1n) is 6.26. The van der Waals surface area contributed by atoms with Crippen LogP contribution in [-0.2, 0) is 0 Å². The Hall–Kier alpha value is -3.04. The topological polar surface area (TPSA) is 102 Å². The molecule has 0 aliphatic heterocycles. The van der Waals surface area contributed by atoms with E-state index in [-0.39, 0.29) is 17.5 Å². The number of carbonyl (C=O) groups excluding carboxylic acids is 1. The minimum atomic E-state index is -4.77. The molecule has 0 unspecified atom stereocenters. The Morgan fingerprint density at radius 2 is 1.83 bits per heavy atom. The molecule has 0 atom stereocenters. The molecule has 0 fully saturated rings. The Morgan fingerprint density at radius 3 is 2.39 bits per heavy atom. The number of anilines is 3. The lowest BCUT2D eigenvalue weighted by molar-refractivity contribution is -0.274. The van der Waals surface area contributed by atoms with Crippen LogP contribution in [0, 0.1) is 6.92 Å². The normalized spacial score (nSPS) is 11.0. The molecule has 7 nitrogen and oxygen atoms in total. The first-order valence-corrected chi connectivity index (χ1v) is 6.26. The molecule has 1 aromatic carbocycles. The number of aryl methyl sites for hydroxylation is 1. The summed E-state index contributed by atoms with van der Waals surface area (Å²) in [7, 11) is 0. The molecule has 0 aliphatic rings. The number of urea groups is 1. The van der Waals surface area contributed by atoms with Gasteiger partial charge in [0.2, 0.25) is 5.95 Å². The summed E-state index contributed by atoms with van der Waals surface area (Å²) in [6.45, 7) is 1.68. The van der Waals surface area contributed by atoms with E-state index in [9.17, 15) is 18.0 Å². The number of hydrogen-bond acceptors (Lipinski definition) is 5. The fourth-order valence-corrected chi connectivity index (χ4v) is 1.65. The summed E-state index contributed by atoms with van der Waals surface area (Å²) in [5, 5.41) is 4.77. The molecule has 10 heteroatoms. The summed E-state index contributed by atoms with van der Waals surface area (Å²) in [5.74, 6) is -0.184. The number of rotatable bonds is 3. The number of benzene rings is 1. The number of hydrogen-bond donors (Lipinski definition) is 3. The zero-order valence-electron chi connectivity index (χ0n) is 11.8. The molecule has 0 spiro atoms. The lowest BCUT2D eigenvalue weighted by atomic mass is 10.3. The number of carbonyl (C=O) groups is 1. The van der Waals surface area contributed by atoms with Crippen molar-refractivity contribution in [2.24, 2.45) is 0 Å². The van der Waals surface area contributed by atoms with Crippen molar-refractivity contribution in [1.82, 2.24) is 9.97 Å². The molecular formula is C13H12F3N5O2. The number of alkyl halides is 3. The zero-order chi connectivity index (χ0) is 17.0. The van der Waals surface area contributed by atoms with Crippen LogP contribution in [0.5, 0.6) is 5.75 Å². The molecule has 2 rings (SSSR count). The van der Waals surface area contributed by atoms with E-state index in [1.807, 2.05) is 0 Å². The van der Waals surface area contributed by atoms with Crippen LogP contribution in [0.25, 0.3) is 0 Å². The Balaban J connectivity index is 1.97. The van der Waals surface area contributed by atoms with Gasteiger partial charge in [-0.2, -0.15) is 4.98 Å². The summed E-state index contributed by atoms with van der Waals surface area (Å²) in [5.41, 5.74) is 6.36. The molecule has 4 N–H and O–H groups in total. The SMILES string of the molecule is Cc1cc(N)nc(NC(=O)Nc2ccc(OC(F)(F)F)cc2)n1. The zero-order valence-corrected chi connectivity index (χ0v) is 11.8. The molecule has 0 saturated carbocycles. The van der Waals surface area contributed by atoms with Gasteiger partial charge in [-0.05, 0) is 31.2 Å². The van der Waals surface area contributed by atoms with Crippen molar-refractivity contribution >= 4 is 23.5 Å². The number of nitrogen functional groups attached to an aromatic ring is 1. The Morgan fingerprint density at radius 1 is 1.17 bits per heavy atom. The lowest BCUT2D eigenvalue weighted by Crippen LogP contribution is -2.21. The first kappa shape index (κ1) is 16.3. The highest BCUT2D eigenvalue weighted by Crippen LogP contribution is 2.23. The maximum absolute atomic E-state index is 12.0. The number of aromatic nitrogens is 2. The van der Waals surface area contributed by atoms with Crippen LogP contribution in [0.15, 0.2) is 30.3 Å². The summed E-state index contributed by atoms with van der Waals surface area (Å²) in [6, 6.07) is 5.52. The lowest BCUT2D eigenvalue weighted by Gasteiger charge is -2.10. The minimum absolute atomic E-state index is 0.0111. The quantitative estimate of drug-likeness (QED) is 0.804. The average molecular weight is 327 g/mol. The molecule has 2 aromatic rings. The molecule has 122 valence electrons. The highest BCUT2D eigenvalue weighted by atomic mass is 19.4. The average Bonchev–Trinajstić information content (AvgIpc) is 2.38. The van der Waals surface area contributed by atoms with Gasteiger partial charge in [0.05, 0.1) is 0 Å². The molecule has 0 aliphatic carbocycles. The van der Waals surface area contributed by atoms with Crippen LogP contribution < -0.4 is 21.1 Å². The number of nitrogens with two attached hydrogens (primary N) is 1. The van der Waals surface area contributed by atoms with E-state index in [0.717, 1.165) is 12.1 Å². The van der Waals surface area contributed by atoms with Crippen LogP contribution in [0.3, 0.4) is 0 Å². The molecule has 1 heterocycles. The van der Waals surface area contributed by atoms with Gasteiger partial charge in [0.25, 0.3) is 0 Å². The van der Waals surface area contributed by atoms with Gasteiger partial charge in [0, 0.05) is 17.4 Å². The predicted octanol–water partition coefficient (Wildman–Crippen LogP) is 2.91. The molecular weight excluding hydrogens is 315 g/mol. The molecule has 1 aromatic heterocycles. The van der Waals surface area contributed by atoms with Gasteiger partial charge in [0.1, 0.15) is 11.6 Å². The van der Waals surface area contributed by atoms with E-state index >= 15 is 0 Å². The van der Waals surface area contributed by atoms with Crippen molar-refractivity contribution in [3.05, 3.63) is 36.0 Å². The van der Waals surface area contributed by atoms with Crippen molar-refractivity contribution in [2.45, 2.75) is 13.3 Å². The van der Waals surface area contributed by atoms with E-state index in [0.29, 0.717) is 5.69 Å². The van der Waals surface area contributed by atoms with E-state index in [1.165, 1.54) is 18.2 Å². The van der Waals surface area contributed by atoms with Gasteiger partial charge in [-0.3, -0.25) is 5.32 Å². The van der Waals surface area contributed by atoms with Gasteiger partial charge in [-0.15, -0.1) is 13.2 Å². The van der Waals surface area contributed by atoms with Crippen LogP contribution in [0.1, 0.15) is 5.69 Å². The number of halogens is 3. The molecule has 0 radical (unpaired) electrons. The third kappa shape index (κ3) is 5.34. The Bertz CT molecular complexity index is 683. The highest BCUT2D eigenvalue weighted by Gasteiger charge is 2.30.